The van der Waals surface area contributed by atoms with Crippen molar-refractivity contribution >= 4 is 34.6 Å². The Bertz CT molecular complexity index is 798. The van der Waals surface area contributed by atoms with Crippen molar-refractivity contribution in [3.63, 3.8) is 0 Å². The number of carbonyl (C=O) groups is 2. The monoisotopic (exact) mass is 426 g/mol. The Labute approximate surface area is 175 Å². The van der Waals surface area contributed by atoms with Crippen LogP contribution in [0.1, 0.15) is 64.1 Å². The predicted molar refractivity (Wildman–Crippen MR) is 114 cm³/mol. The average molecular weight is 427 g/mol. The zero-order valence-corrected chi connectivity index (χ0v) is 18.8. The molecule has 1 aromatic carbocycles. The summed E-state index contributed by atoms with van der Waals surface area (Å²) in [5.74, 6) is -0.900. The first-order valence-electron chi connectivity index (χ1n) is 9.43. The van der Waals surface area contributed by atoms with Gasteiger partial charge in [-0.2, -0.15) is 0 Å². The lowest BCUT2D eigenvalue weighted by Crippen LogP contribution is -2.50. The molecule has 0 radical (unpaired) electrons. The maximum absolute atomic E-state index is 13.5. The van der Waals surface area contributed by atoms with E-state index in [1.807, 2.05) is 34.6 Å². The Morgan fingerprint density at radius 1 is 1.25 bits per heavy atom. The molecule has 1 unspecified atom stereocenters. The van der Waals surface area contributed by atoms with Gasteiger partial charge in [-0.3, -0.25) is 9.59 Å². The molecule has 2 rings (SSSR count). The largest absolute Gasteiger partial charge is 0.341 e. The molecule has 0 bridgehead atoms. The highest BCUT2D eigenvalue weighted by Crippen LogP contribution is 2.32. The van der Waals surface area contributed by atoms with Crippen molar-refractivity contribution in [3.8, 4) is 10.6 Å². The topological polar surface area (TPSA) is 59.1 Å². The van der Waals surface area contributed by atoms with E-state index in [-0.39, 0.29) is 22.1 Å². The van der Waals surface area contributed by atoms with E-state index < -0.39 is 11.9 Å². The average Bonchev–Trinajstić information content (AvgIpc) is 3.16. The summed E-state index contributed by atoms with van der Waals surface area (Å²) in [7, 11) is 0. The summed E-state index contributed by atoms with van der Waals surface area (Å²) >= 11 is 7.01. The number of Topliss-reactive ketones (excluding diaryl/α,β-unsaturated/α-hetero) is 1. The molecule has 0 aliphatic carbocycles. The first kappa shape index (κ1) is 24.2. The van der Waals surface area contributed by atoms with Crippen LogP contribution in [0.25, 0.3) is 10.6 Å². The molecule has 0 aliphatic rings. The van der Waals surface area contributed by atoms with Gasteiger partial charge in [0.15, 0.2) is 5.78 Å². The van der Waals surface area contributed by atoms with Crippen molar-refractivity contribution in [3.05, 3.63) is 40.1 Å². The fraction of sp³-hybridized carbons (Fsp3) is 0.476. The number of benzene rings is 1. The van der Waals surface area contributed by atoms with Gasteiger partial charge in [-0.1, -0.05) is 46.2 Å². The van der Waals surface area contributed by atoms with E-state index >= 15 is 0 Å². The van der Waals surface area contributed by atoms with Gasteiger partial charge >= 0.3 is 0 Å². The van der Waals surface area contributed by atoms with Crippen LogP contribution in [-0.4, -0.2) is 22.7 Å². The van der Waals surface area contributed by atoms with Crippen LogP contribution in [-0.2, 0) is 4.79 Å². The minimum absolute atomic E-state index is 0.0776. The van der Waals surface area contributed by atoms with Gasteiger partial charge in [-0.25, -0.2) is 9.37 Å². The molecule has 0 fully saturated rings. The molecular weight excluding hydrogens is 399 g/mol. The number of rotatable bonds is 7. The number of halogens is 2. The molecule has 1 heterocycles. The van der Waals surface area contributed by atoms with Crippen molar-refractivity contribution in [1.29, 1.82) is 0 Å². The maximum atomic E-state index is 13.5. The Morgan fingerprint density at radius 2 is 1.86 bits per heavy atom. The van der Waals surface area contributed by atoms with E-state index in [0.717, 1.165) is 24.2 Å². The summed E-state index contributed by atoms with van der Waals surface area (Å²) in [6.45, 7) is 11.5. The van der Waals surface area contributed by atoms with Crippen molar-refractivity contribution in [1.82, 2.24) is 10.3 Å². The summed E-state index contributed by atoms with van der Waals surface area (Å²) in [5, 5.41) is 3.60. The Kier molecular flexibility index (Phi) is 9.24. The van der Waals surface area contributed by atoms with Gasteiger partial charge in [0.25, 0.3) is 5.91 Å². The lowest BCUT2D eigenvalue weighted by molar-refractivity contribution is -0.121. The van der Waals surface area contributed by atoms with E-state index in [1.165, 1.54) is 25.3 Å². The van der Waals surface area contributed by atoms with Gasteiger partial charge < -0.3 is 5.32 Å². The fourth-order valence-electron chi connectivity index (χ4n) is 2.82. The van der Waals surface area contributed by atoms with Crippen molar-refractivity contribution in [2.75, 3.05) is 0 Å². The Balaban J connectivity index is 0.00000190. The van der Waals surface area contributed by atoms with Crippen LogP contribution in [0.3, 0.4) is 0 Å². The van der Waals surface area contributed by atoms with E-state index in [9.17, 15) is 14.0 Å². The lowest BCUT2D eigenvalue weighted by Gasteiger charge is -2.35. The molecule has 1 aromatic heterocycles. The number of nitrogens with one attached hydrogen (secondary N) is 1. The summed E-state index contributed by atoms with van der Waals surface area (Å²) < 4.78 is 13.5. The third kappa shape index (κ3) is 5.85. The first-order valence-corrected chi connectivity index (χ1v) is 10.6. The van der Waals surface area contributed by atoms with Crippen LogP contribution in [0.4, 0.5) is 4.39 Å². The van der Waals surface area contributed by atoms with E-state index in [2.05, 4.69) is 10.3 Å². The zero-order chi connectivity index (χ0) is 21.5. The maximum Gasteiger partial charge on any atom is 0.263 e. The second-order valence-electron chi connectivity index (χ2n) is 6.57. The number of nitrogens with zero attached hydrogens (tertiary/aromatic N) is 1. The second kappa shape index (κ2) is 10.7. The molecule has 0 saturated heterocycles. The molecule has 1 atom stereocenters. The molecule has 1 amide bonds. The molecule has 4 nitrogen and oxygen atoms in total. The first-order chi connectivity index (χ1) is 13.2. The Hall–Kier alpha value is -1.79. The van der Waals surface area contributed by atoms with Gasteiger partial charge in [0.1, 0.15) is 15.7 Å². The molecular formula is C21H28ClFN2O2S. The van der Waals surface area contributed by atoms with Crippen LogP contribution in [0.15, 0.2) is 24.4 Å². The van der Waals surface area contributed by atoms with Crippen molar-refractivity contribution in [2.24, 2.45) is 5.41 Å². The molecule has 28 heavy (non-hydrogen) atoms. The number of thiazole rings is 1. The highest BCUT2D eigenvalue weighted by Gasteiger charge is 2.35. The van der Waals surface area contributed by atoms with Gasteiger partial charge in [0, 0.05) is 10.6 Å². The van der Waals surface area contributed by atoms with Crippen LogP contribution >= 0.6 is 22.9 Å². The lowest BCUT2D eigenvalue weighted by atomic mass is 9.76. The van der Waals surface area contributed by atoms with Crippen LogP contribution < -0.4 is 5.32 Å². The second-order valence-corrected chi connectivity index (χ2v) is 8.03. The summed E-state index contributed by atoms with van der Waals surface area (Å²) in [6.07, 6.45) is 2.97. The minimum Gasteiger partial charge on any atom is -0.341 e. The SMILES string of the molecule is CC.CCC(C)(CC)C(NC(=O)c1cnc(-c2cc(F)cc(Cl)c2)s1)C(C)=O. The molecule has 7 heteroatoms. The zero-order valence-electron chi connectivity index (χ0n) is 17.2. The van der Waals surface area contributed by atoms with Crippen molar-refractivity contribution < 1.29 is 14.0 Å². The van der Waals surface area contributed by atoms with Crippen molar-refractivity contribution in [2.45, 2.75) is 60.4 Å². The molecule has 0 spiro atoms. The van der Waals surface area contributed by atoms with Gasteiger partial charge in [-0.15, -0.1) is 11.3 Å². The molecule has 154 valence electrons. The summed E-state index contributed by atoms with van der Waals surface area (Å²) in [4.78, 5) is 29.3. The van der Waals surface area contributed by atoms with Gasteiger partial charge in [0.05, 0.1) is 12.2 Å². The third-order valence-corrected chi connectivity index (χ3v) is 6.10. The van der Waals surface area contributed by atoms with Crippen LogP contribution in [0, 0.1) is 11.2 Å². The smallest absolute Gasteiger partial charge is 0.263 e. The minimum atomic E-state index is -0.570. The molecule has 2 aromatic rings. The standard InChI is InChI=1S/C19H22ClFN2O2S.C2H6/c1-5-19(4,6-2)16(11(3)24)23-17(25)15-10-22-18(26-15)12-7-13(20)9-14(21)8-12;1-2/h7-10,16H,5-6H2,1-4H3,(H,23,25);1-2H3. The van der Waals surface area contributed by atoms with Gasteiger partial charge in [0.2, 0.25) is 0 Å². The number of hydrogen-bond donors (Lipinski definition) is 1. The summed E-state index contributed by atoms with van der Waals surface area (Å²) in [6, 6.07) is 3.55. The number of hydrogen-bond acceptors (Lipinski definition) is 4. The Morgan fingerprint density at radius 3 is 2.36 bits per heavy atom. The highest BCUT2D eigenvalue weighted by atomic mass is 35.5. The van der Waals surface area contributed by atoms with E-state index in [1.54, 1.807) is 6.07 Å². The number of aromatic nitrogens is 1. The summed E-state index contributed by atoms with van der Waals surface area (Å²) in [5.41, 5.74) is 0.194. The number of amides is 1. The van der Waals surface area contributed by atoms with E-state index in [0.29, 0.717) is 15.4 Å². The third-order valence-electron chi connectivity index (χ3n) is 4.83. The number of ketones is 1. The van der Waals surface area contributed by atoms with E-state index in [4.69, 9.17) is 11.6 Å². The molecule has 0 saturated carbocycles. The normalized spacial score (nSPS) is 12.0. The van der Waals surface area contributed by atoms with Crippen LogP contribution in [0.2, 0.25) is 5.02 Å². The predicted octanol–water partition coefficient (Wildman–Crippen LogP) is 6.14. The number of carbonyl (C=O) groups excluding carboxylic acids is 2. The molecule has 1 N–H and O–H groups in total. The van der Waals surface area contributed by atoms with Crippen LogP contribution in [0.5, 0.6) is 0 Å². The molecule has 0 aliphatic heterocycles. The highest BCUT2D eigenvalue weighted by molar-refractivity contribution is 7.16. The quantitative estimate of drug-likeness (QED) is 0.578. The van der Waals surface area contributed by atoms with Gasteiger partial charge in [-0.05, 0) is 43.4 Å². The fourth-order valence-corrected chi connectivity index (χ4v) is 3.85.